The van der Waals surface area contributed by atoms with Gasteiger partial charge in [-0.25, -0.2) is 4.98 Å². The van der Waals surface area contributed by atoms with E-state index < -0.39 is 0 Å². The summed E-state index contributed by atoms with van der Waals surface area (Å²) in [7, 11) is 3.47. The molecule has 0 saturated carbocycles. The predicted molar refractivity (Wildman–Crippen MR) is 118 cm³/mol. The smallest absolute Gasteiger partial charge is 0.259 e. The monoisotopic (exact) mass is 423 g/mol. The maximum Gasteiger partial charge on any atom is 0.259 e. The van der Waals surface area contributed by atoms with Gasteiger partial charge in [0.1, 0.15) is 17.4 Å². The van der Waals surface area contributed by atoms with Crippen molar-refractivity contribution in [3.05, 3.63) is 53.2 Å². The zero-order valence-electron chi connectivity index (χ0n) is 18.4. The molecule has 3 rings (SSSR count). The first-order valence-corrected chi connectivity index (χ1v) is 10.4. The number of ether oxygens (including phenoxy) is 2. The zero-order valence-corrected chi connectivity index (χ0v) is 18.4. The highest BCUT2D eigenvalue weighted by Gasteiger charge is 2.33. The van der Waals surface area contributed by atoms with E-state index in [1.54, 1.807) is 24.3 Å². The molecule has 1 amide bonds. The Morgan fingerprint density at radius 2 is 2.13 bits per heavy atom. The molecule has 164 valence electrons. The number of aliphatic hydroxyl groups is 1. The van der Waals surface area contributed by atoms with E-state index in [1.165, 1.54) is 0 Å². The summed E-state index contributed by atoms with van der Waals surface area (Å²) in [5.74, 6) is 7.01. The highest BCUT2D eigenvalue weighted by Crippen LogP contribution is 2.26. The second-order valence-corrected chi connectivity index (χ2v) is 7.74. The van der Waals surface area contributed by atoms with Crippen LogP contribution in [0.25, 0.3) is 0 Å². The summed E-state index contributed by atoms with van der Waals surface area (Å²) in [4.78, 5) is 19.4. The summed E-state index contributed by atoms with van der Waals surface area (Å²) < 4.78 is 11.4. The average Bonchev–Trinajstić information content (AvgIpc) is 2.79. The third kappa shape index (κ3) is 5.35. The minimum absolute atomic E-state index is 0.0629. The van der Waals surface area contributed by atoms with E-state index in [4.69, 9.17) is 9.47 Å². The largest absolute Gasteiger partial charge is 0.497 e. The Morgan fingerprint density at radius 3 is 2.84 bits per heavy atom. The summed E-state index contributed by atoms with van der Waals surface area (Å²) in [6.45, 7) is 4.85. The number of amides is 1. The fraction of sp³-hybridized carbons (Fsp3) is 0.417. The van der Waals surface area contributed by atoms with Crippen LogP contribution in [0, 0.1) is 17.8 Å². The van der Waals surface area contributed by atoms with Gasteiger partial charge in [-0.05, 0) is 38.2 Å². The molecule has 1 aromatic heterocycles. The van der Waals surface area contributed by atoms with Gasteiger partial charge in [-0.15, -0.1) is 0 Å². The van der Waals surface area contributed by atoms with Crippen molar-refractivity contribution in [1.29, 1.82) is 0 Å². The molecule has 7 heteroatoms. The molecule has 2 N–H and O–H groups in total. The summed E-state index contributed by atoms with van der Waals surface area (Å²) in [6, 6.07) is 8.85. The molecular weight excluding hydrogens is 394 g/mol. The van der Waals surface area contributed by atoms with Gasteiger partial charge in [0.25, 0.3) is 5.91 Å². The lowest BCUT2D eigenvalue weighted by Gasteiger charge is -2.36. The number of pyridine rings is 1. The van der Waals surface area contributed by atoms with Gasteiger partial charge in [-0.2, -0.15) is 0 Å². The molecule has 1 aliphatic heterocycles. The number of aromatic nitrogens is 1. The average molecular weight is 424 g/mol. The Balaban J connectivity index is 1.99. The van der Waals surface area contributed by atoms with E-state index in [0.717, 1.165) is 11.3 Å². The number of hydrogen-bond acceptors (Lipinski definition) is 6. The molecule has 31 heavy (non-hydrogen) atoms. The Hall–Kier alpha value is -3.08. The first-order valence-electron chi connectivity index (χ1n) is 10.4. The van der Waals surface area contributed by atoms with Crippen LogP contribution < -0.4 is 14.8 Å². The molecule has 0 radical (unpaired) electrons. The maximum atomic E-state index is 13.3. The highest BCUT2D eigenvalue weighted by atomic mass is 16.5. The number of hydrogen-bond donors (Lipinski definition) is 2. The number of methoxy groups -OCH3 is 1. The van der Waals surface area contributed by atoms with Gasteiger partial charge in [-0.3, -0.25) is 4.79 Å². The Kier molecular flexibility index (Phi) is 7.50. The molecule has 7 nitrogen and oxygen atoms in total. The van der Waals surface area contributed by atoms with E-state index >= 15 is 0 Å². The number of likely N-dealkylation sites (N-methyl/N-ethyl adjacent to an activating group) is 1. The maximum absolute atomic E-state index is 13.3. The van der Waals surface area contributed by atoms with Crippen LogP contribution in [-0.4, -0.2) is 66.9 Å². The van der Waals surface area contributed by atoms with Gasteiger partial charge in [-0.1, -0.05) is 24.8 Å². The third-order valence-corrected chi connectivity index (χ3v) is 5.35. The first kappa shape index (κ1) is 22.6. The number of fused-ring (bicyclic) bond motifs is 1. The highest BCUT2D eigenvalue weighted by molar-refractivity contribution is 5.97. The second-order valence-electron chi connectivity index (χ2n) is 7.74. The lowest BCUT2D eigenvalue weighted by atomic mass is 10.0. The molecular formula is C24H29N3O4. The fourth-order valence-electron chi connectivity index (χ4n) is 3.46. The topological polar surface area (TPSA) is 83.9 Å². The number of benzene rings is 1. The molecule has 0 bridgehead atoms. The standard InChI is InChI=1S/C24H29N3O4/c1-16-14-27(17(2)15-28)24(29)21-11-19(12-26-23(21)31-22(16)13-25-3)9-8-18-6-5-7-20(10-18)30-4/h5-7,10-12,16-17,22,25,28H,13-15H2,1-4H3/t16-,17+,22-/m0/s1. The Bertz CT molecular complexity index is 982. The number of carbonyl (C=O) groups is 1. The number of rotatable bonds is 5. The molecule has 0 spiro atoms. The Morgan fingerprint density at radius 1 is 1.35 bits per heavy atom. The third-order valence-electron chi connectivity index (χ3n) is 5.35. The van der Waals surface area contributed by atoms with Crippen LogP contribution in [0.2, 0.25) is 0 Å². The molecule has 0 aliphatic carbocycles. The van der Waals surface area contributed by atoms with E-state index in [9.17, 15) is 9.90 Å². The molecule has 3 atom stereocenters. The van der Waals surface area contributed by atoms with Crippen molar-refractivity contribution in [3.63, 3.8) is 0 Å². The van der Waals surface area contributed by atoms with Gasteiger partial charge in [0.05, 0.1) is 19.8 Å². The summed E-state index contributed by atoms with van der Waals surface area (Å²) >= 11 is 0. The number of nitrogens with zero attached hydrogens (tertiary/aromatic N) is 2. The summed E-state index contributed by atoms with van der Waals surface area (Å²) in [5.41, 5.74) is 1.76. The SMILES string of the molecule is CNC[C@@H]1Oc2ncc(C#Cc3cccc(OC)c3)cc2C(=O)N([C@H](C)CO)C[C@@H]1C. The quantitative estimate of drug-likeness (QED) is 0.715. The lowest BCUT2D eigenvalue weighted by molar-refractivity contribution is 0.0404. The van der Waals surface area contributed by atoms with Crippen LogP contribution in [0.4, 0.5) is 0 Å². The van der Waals surface area contributed by atoms with Crippen LogP contribution in [-0.2, 0) is 0 Å². The van der Waals surface area contributed by atoms with E-state index in [0.29, 0.717) is 30.1 Å². The number of aliphatic hydroxyl groups excluding tert-OH is 1. The summed E-state index contributed by atoms with van der Waals surface area (Å²) in [6.07, 6.45) is 1.45. The molecule has 2 heterocycles. The van der Waals surface area contributed by atoms with Crippen molar-refractivity contribution in [3.8, 4) is 23.5 Å². The van der Waals surface area contributed by atoms with E-state index in [2.05, 4.69) is 22.1 Å². The first-order chi connectivity index (χ1) is 15.0. The zero-order chi connectivity index (χ0) is 22.4. The van der Waals surface area contributed by atoms with Gasteiger partial charge in [0.15, 0.2) is 0 Å². The Labute approximate surface area is 183 Å². The van der Waals surface area contributed by atoms with E-state index in [-0.39, 0.29) is 30.6 Å². The minimum Gasteiger partial charge on any atom is -0.497 e. The van der Waals surface area contributed by atoms with Gasteiger partial charge in [0, 0.05) is 36.3 Å². The normalized spacial score (nSPS) is 19.3. The number of carbonyl (C=O) groups excluding carboxylic acids is 1. The van der Waals surface area contributed by atoms with Gasteiger partial charge in [0.2, 0.25) is 5.88 Å². The van der Waals surface area contributed by atoms with Crippen LogP contribution in [0.5, 0.6) is 11.6 Å². The second kappa shape index (κ2) is 10.3. The van der Waals surface area contributed by atoms with Crippen LogP contribution in [0.15, 0.2) is 36.5 Å². The van der Waals surface area contributed by atoms with Crippen LogP contribution >= 0.6 is 0 Å². The van der Waals surface area contributed by atoms with Crippen molar-refractivity contribution >= 4 is 5.91 Å². The predicted octanol–water partition coefficient (Wildman–Crippen LogP) is 1.93. The van der Waals surface area contributed by atoms with Crippen molar-refractivity contribution in [2.24, 2.45) is 5.92 Å². The van der Waals surface area contributed by atoms with Crippen LogP contribution in [0.1, 0.15) is 35.3 Å². The van der Waals surface area contributed by atoms with Gasteiger partial charge < -0.3 is 24.8 Å². The summed E-state index contributed by atoms with van der Waals surface area (Å²) in [5, 5.41) is 12.8. The van der Waals surface area contributed by atoms with Crippen molar-refractivity contribution in [1.82, 2.24) is 15.2 Å². The van der Waals surface area contributed by atoms with Gasteiger partial charge >= 0.3 is 0 Å². The lowest BCUT2D eigenvalue weighted by Crippen LogP contribution is -2.49. The van der Waals surface area contributed by atoms with Crippen LogP contribution in [0.3, 0.4) is 0 Å². The fourth-order valence-corrected chi connectivity index (χ4v) is 3.46. The number of nitrogens with one attached hydrogen (secondary N) is 1. The van der Waals surface area contributed by atoms with Crippen molar-refractivity contribution < 1.29 is 19.4 Å². The molecule has 0 fully saturated rings. The van der Waals surface area contributed by atoms with Crippen molar-refractivity contribution in [2.45, 2.75) is 26.0 Å². The molecule has 1 aromatic carbocycles. The molecule has 0 unspecified atom stereocenters. The van der Waals surface area contributed by atoms with E-state index in [1.807, 2.05) is 45.2 Å². The molecule has 0 saturated heterocycles. The minimum atomic E-state index is -0.317. The molecule has 2 aromatic rings. The van der Waals surface area contributed by atoms with Crippen molar-refractivity contribution in [2.75, 3.05) is 33.9 Å². The molecule has 1 aliphatic rings.